The smallest absolute Gasteiger partial charge is 0.124 e. The van der Waals surface area contributed by atoms with Crippen molar-refractivity contribution < 1.29 is 4.39 Å². The molecule has 3 aromatic rings. The van der Waals surface area contributed by atoms with Gasteiger partial charge in [-0.3, -0.25) is 4.98 Å². The number of aryl methyl sites for hydroxylation is 1. The molecule has 0 aliphatic rings. The highest BCUT2D eigenvalue weighted by atomic mass is 35.5. The highest BCUT2D eigenvalue weighted by Crippen LogP contribution is 2.20. The van der Waals surface area contributed by atoms with Gasteiger partial charge in [-0.1, -0.05) is 29.8 Å². The molecule has 0 unspecified atom stereocenters. The maximum absolute atomic E-state index is 13.5. The first-order valence-electron chi connectivity index (χ1n) is 8.24. The van der Waals surface area contributed by atoms with Gasteiger partial charge in [-0.05, 0) is 78.6 Å². The van der Waals surface area contributed by atoms with E-state index in [9.17, 15) is 4.39 Å². The van der Waals surface area contributed by atoms with Crippen molar-refractivity contribution in [3.63, 3.8) is 0 Å². The predicted octanol–water partition coefficient (Wildman–Crippen LogP) is 5.85. The van der Waals surface area contributed by atoms with Crippen LogP contribution < -0.4 is 0 Å². The fraction of sp³-hybridized carbons (Fsp3) is 0.0909. The lowest BCUT2D eigenvalue weighted by atomic mass is 9.97. The van der Waals surface area contributed by atoms with Gasteiger partial charge in [-0.25, -0.2) is 4.39 Å². The standard InChI is InChI=1S/C22H18ClFN2/c1-15-5-6-16(10-17-11-18(23)14-19(24)12-17)13-21(15)22(25)8-7-20-4-2-3-9-26-20/h2-9,11-14,25H,10H2,1H3/b8-7+,25-22?. The highest BCUT2D eigenvalue weighted by Gasteiger charge is 2.07. The van der Waals surface area contributed by atoms with E-state index >= 15 is 0 Å². The van der Waals surface area contributed by atoms with E-state index in [-0.39, 0.29) is 5.82 Å². The molecule has 2 nitrogen and oxygen atoms in total. The second kappa shape index (κ2) is 8.07. The van der Waals surface area contributed by atoms with Crippen LogP contribution in [0.4, 0.5) is 4.39 Å². The van der Waals surface area contributed by atoms with Crippen molar-refractivity contribution in [1.82, 2.24) is 4.98 Å². The number of hydrogen-bond donors (Lipinski definition) is 1. The fourth-order valence-corrected chi connectivity index (χ4v) is 3.00. The summed E-state index contributed by atoms with van der Waals surface area (Å²) in [6, 6.07) is 16.1. The van der Waals surface area contributed by atoms with E-state index in [1.165, 1.54) is 12.1 Å². The summed E-state index contributed by atoms with van der Waals surface area (Å²) in [5.74, 6) is -0.342. The monoisotopic (exact) mass is 364 g/mol. The molecule has 0 radical (unpaired) electrons. The fourth-order valence-electron chi connectivity index (χ4n) is 2.75. The molecule has 0 saturated heterocycles. The summed E-state index contributed by atoms with van der Waals surface area (Å²) in [6.07, 6.45) is 5.84. The van der Waals surface area contributed by atoms with Crippen molar-refractivity contribution in [3.8, 4) is 0 Å². The molecule has 0 aliphatic carbocycles. The van der Waals surface area contributed by atoms with Crippen LogP contribution >= 0.6 is 11.6 Å². The summed E-state index contributed by atoms with van der Waals surface area (Å²) >= 11 is 5.93. The van der Waals surface area contributed by atoms with Gasteiger partial charge in [0.05, 0.1) is 11.4 Å². The van der Waals surface area contributed by atoms with Gasteiger partial charge in [0.25, 0.3) is 0 Å². The maximum atomic E-state index is 13.5. The summed E-state index contributed by atoms with van der Waals surface area (Å²) in [5.41, 5.74) is 4.88. The van der Waals surface area contributed by atoms with Crippen LogP contribution in [0.15, 0.2) is 66.9 Å². The molecule has 1 heterocycles. The minimum atomic E-state index is -0.342. The molecule has 0 saturated carbocycles. The van der Waals surface area contributed by atoms with Crippen molar-refractivity contribution >= 4 is 23.4 Å². The van der Waals surface area contributed by atoms with Gasteiger partial charge in [0.1, 0.15) is 5.82 Å². The van der Waals surface area contributed by atoms with Crippen LogP contribution in [0.1, 0.15) is 27.9 Å². The molecule has 2 aromatic carbocycles. The number of halogens is 2. The molecule has 1 N–H and O–H groups in total. The number of nitrogens with one attached hydrogen (secondary N) is 1. The Kier molecular flexibility index (Phi) is 5.59. The van der Waals surface area contributed by atoms with Crippen molar-refractivity contribution in [1.29, 1.82) is 5.41 Å². The molecule has 1 aromatic heterocycles. The number of pyridine rings is 1. The van der Waals surface area contributed by atoms with Crippen LogP contribution in [0, 0.1) is 18.2 Å². The van der Waals surface area contributed by atoms with E-state index in [1.54, 1.807) is 18.3 Å². The first kappa shape index (κ1) is 18.0. The normalized spacial score (nSPS) is 11.0. The van der Waals surface area contributed by atoms with E-state index in [4.69, 9.17) is 17.0 Å². The number of hydrogen-bond acceptors (Lipinski definition) is 2. The average Bonchev–Trinajstić information content (AvgIpc) is 2.61. The SMILES string of the molecule is Cc1ccc(Cc2cc(F)cc(Cl)c2)cc1C(=N)/C=C/c1ccccn1. The molecule has 26 heavy (non-hydrogen) atoms. The van der Waals surface area contributed by atoms with E-state index in [1.807, 2.05) is 49.4 Å². The first-order valence-corrected chi connectivity index (χ1v) is 8.61. The Balaban J connectivity index is 1.83. The minimum Gasteiger partial charge on any atom is -0.300 e. The molecule has 0 bridgehead atoms. The van der Waals surface area contributed by atoms with Crippen molar-refractivity contribution in [2.45, 2.75) is 13.3 Å². The Bertz CT molecular complexity index is 945. The van der Waals surface area contributed by atoms with E-state index in [0.29, 0.717) is 17.2 Å². The van der Waals surface area contributed by atoms with Gasteiger partial charge in [0, 0.05) is 16.8 Å². The Labute approximate surface area is 157 Å². The second-order valence-electron chi connectivity index (χ2n) is 6.11. The van der Waals surface area contributed by atoms with Crippen molar-refractivity contribution in [2.24, 2.45) is 0 Å². The van der Waals surface area contributed by atoms with Gasteiger partial charge < -0.3 is 5.41 Å². The largest absolute Gasteiger partial charge is 0.300 e. The molecule has 3 rings (SSSR count). The zero-order chi connectivity index (χ0) is 18.5. The third-order valence-corrected chi connectivity index (χ3v) is 4.25. The molecular formula is C22H18ClFN2. The molecule has 0 amide bonds. The quantitative estimate of drug-likeness (QED) is 0.566. The molecule has 0 atom stereocenters. The van der Waals surface area contributed by atoms with Gasteiger partial charge >= 0.3 is 0 Å². The zero-order valence-corrected chi connectivity index (χ0v) is 15.1. The lowest BCUT2D eigenvalue weighted by molar-refractivity contribution is 0.626. The van der Waals surface area contributed by atoms with Crippen LogP contribution in [0.3, 0.4) is 0 Å². The molecule has 130 valence electrons. The number of allylic oxidation sites excluding steroid dienone is 1. The van der Waals surface area contributed by atoms with Crippen LogP contribution in [0.2, 0.25) is 5.02 Å². The Morgan fingerprint density at radius 2 is 1.96 bits per heavy atom. The maximum Gasteiger partial charge on any atom is 0.124 e. The lowest BCUT2D eigenvalue weighted by Crippen LogP contribution is -2.00. The first-order chi connectivity index (χ1) is 12.5. The summed E-state index contributed by atoms with van der Waals surface area (Å²) in [7, 11) is 0. The Morgan fingerprint density at radius 1 is 1.12 bits per heavy atom. The molecule has 0 fully saturated rings. The van der Waals surface area contributed by atoms with E-state index in [0.717, 1.165) is 27.9 Å². The summed E-state index contributed by atoms with van der Waals surface area (Å²) in [5, 5.41) is 8.76. The molecule has 0 aliphatic heterocycles. The molecule has 0 spiro atoms. The van der Waals surface area contributed by atoms with Crippen LogP contribution in [0.25, 0.3) is 6.08 Å². The van der Waals surface area contributed by atoms with Gasteiger partial charge in [0.2, 0.25) is 0 Å². The third kappa shape index (κ3) is 4.64. The van der Waals surface area contributed by atoms with Gasteiger partial charge in [0.15, 0.2) is 0 Å². The predicted molar refractivity (Wildman–Crippen MR) is 105 cm³/mol. The zero-order valence-electron chi connectivity index (χ0n) is 14.3. The van der Waals surface area contributed by atoms with E-state index in [2.05, 4.69) is 4.98 Å². The summed E-state index contributed by atoms with van der Waals surface area (Å²) < 4.78 is 13.5. The van der Waals surface area contributed by atoms with Crippen molar-refractivity contribution in [2.75, 3.05) is 0 Å². The number of nitrogens with zero attached hydrogens (tertiary/aromatic N) is 1. The lowest BCUT2D eigenvalue weighted by Gasteiger charge is -2.09. The van der Waals surface area contributed by atoms with Crippen molar-refractivity contribution in [3.05, 3.63) is 106 Å². The Hall–Kier alpha value is -2.78. The summed E-state index contributed by atoms with van der Waals surface area (Å²) in [4.78, 5) is 4.23. The van der Waals surface area contributed by atoms with Crippen LogP contribution in [-0.4, -0.2) is 10.7 Å². The van der Waals surface area contributed by atoms with Crippen LogP contribution in [-0.2, 0) is 6.42 Å². The number of benzene rings is 2. The van der Waals surface area contributed by atoms with Gasteiger partial charge in [-0.2, -0.15) is 0 Å². The van der Waals surface area contributed by atoms with E-state index < -0.39 is 0 Å². The Morgan fingerprint density at radius 3 is 2.69 bits per heavy atom. The second-order valence-corrected chi connectivity index (χ2v) is 6.54. The highest BCUT2D eigenvalue weighted by molar-refractivity contribution is 6.30. The molecular weight excluding hydrogens is 347 g/mol. The third-order valence-electron chi connectivity index (χ3n) is 4.03. The number of rotatable bonds is 5. The average molecular weight is 365 g/mol. The molecule has 4 heteroatoms. The minimum absolute atomic E-state index is 0.342. The van der Waals surface area contributed by atoms with Gasteiger partial charge in [-0.15, -0.1) is 0 Å². The van der Waals surface area contributed by atoms with Crippen LogP contribution in [0.5, 0.6) is 0 Å². The number of aromatic nitrogens is 1. The topological polar surface area (TPSA) is 36.7 Å². The summed E-state index contributed by atoms with van der Waals surface area (Å²) in [6.45, 7) is 1.97.